The summed E-state index contributed by atoms with van der Waals surface area (Å²) in [5.41, 5.74) is 1.96. The molecule has 0 bridgehead atoms. The Kier molecular flexibility index (Phi) is 4.20. The van der Waals surface area contributed by atoms with Crippen molar-refractivity contribution in [1.82, 2.24) is 4.57 Å². The highest BCUT2D eigenvalue weighted by molar-refractivity contribution is 14.1. The first-order chi connectivity index (χ1) is 8.91. The predicted octanol–water partition coefficient (Wildman–Crippen LogP) is 4.69. The highest BCUT2D eigenvalue weighted by atomic mass is 127. The van der Waals surface area contributed by atoms with E-state index < -0.39 is 5.97 Å². The third-order valence-electron chi connectivity index (χ3n) is 2.86. The van der Waals surface area contributed by atoms with E-state index >= 15 is 0 Å². The number of aromatic nitrogens is 1. The smallest absolute Gasteiger partial charge is 0.352 e. The van der Waals surface area contributed by atoms with Crippen LogP contribution in [0.5, 0.6) is 0 Å². The molecule has 0 aliphatic carbocycles. The van der Waals surface area contributed by atoms with Gasteiger partial charge in [0.2, 0.25) is 0 Å². The summed E-state index contributed by atoms with van der Waals surface area (Å²) in [6.07, 6.45) is 0. The first kappa shape index (κ1) is 14.4. The largest absolute Gasteiger partial charge is 0.477 e. The van der Waals surface area contributed by atoms with Crippen molar-refractivity contribution in [1.29, 1.82) is 0 Å². The maximum Gasteiger partial charge on any atom is 0.352 e. The fraction of sp³-hybridized carbons (Fsp3) is 0.214. The lowest BCUT2D eigenvalue weighted by atomic mass is 10.1. The molecule has 19 heavy (non-hydrogen) atoms. The number of aromatic carboxylic acids is 1. The Balaban J connectivity index is 2.69. The molecule has 1 aromatic heterocycles. The summed E-state index contributed by atoms with van der Waals surface area (Å²) < 4.78 is 2.85. The second-order valence-corrected chi connectivity index (χ2v) is 6.15. The van der Waals surface area contributed by atoms with Crippen LogP contribution in [0.1, 0.15) is 30.4 Å². The van der Waals surface area contributed by atoms with Crippen LogP contribution in [-0.2, 0) is 0 Å². The van der Waals surface area contributed by atoms with Gasteiger partial charge in [-0.2, -0.15) is 0 Å². The van der Waals surface area contributed by atoms with Crippen molar-refractivity contribution in [2.24, 2.45) is 0 Å². The molecule has 3 nitrogen and oxygen atoms in total. The van der Waals surface area contributed by atoms with Crippen LogP contribution in [0, 0.1) is 3.57 Å². The molecule has 0 unspecified atom stereocenters. The van der Waals surface area contributed by atoms with Gasteiger partial charge in [-0.05, 0) is 66.8 Å². The van der Waals surface area contributed by atoms with E-state index in [0.29, 0.717) is 5.02 Å². The van der Waals surface area contributed by atoms with E-state index in [4.69, 9.17) is 11.6 Å². The van der Waals surface area contributed by atoms with Gasteiger partial charge in [0.05, 0.1) is 5.69 Å². The van der Waals surface area contributed by atoms with Crippen molar-refractivity contribution in [3.8, 4) is 11.3 Å². The zero-order valence-corrected chi connectivity index (χ0v) is 13.4. The van der Waals surface area contributed by atoms with E-state index in [9.17, 15) is 9.90 Å². The van der Waals surface area contributed by atoms with E-state index in [0.717, 1.165) is 14.8 Å². The summed E-state index contributed by atoms with van der Waals surface area (Å²) in [4.78, 5) is 11.3. The van der Waals surface area contributed by atoms with Gasteiger partial charge in [-0.25, -0.2) is 4.79 Å². The first-order valence-electron chi connectivity index (χ1n) is 5.81. The molecule has 100 valence electrons. The molecule has 0 aliphatic heterocycles. The monoisotopic (exact) mass is 389 g/mol. The Morgan fingerprint density at radius 3 is 2.58 bits per heavy atom. The molecule has 1 heterocycles. The Morgan fingerprint density at radius 2 is 2.00 bits per heavy atom. The van der Waals surface area contributed by atoms with Crippen molar-refractivity contribution in [2.45, 2.75) is 19.9 Å². The molecule has 0 saturated carbocycles. The van der Waals surface area contributed by atoms with Gasteiger partial charge in [0.1, 0.15) is 5.69 Å². The number of halogens is 2. The van der Waals surface area contributed by atoms with Crippen molar-refractivity contribution in [2.75, 3.05) is 0 Å². The number of hydrogen-bond acceptors (Lipinski definition) is 1. The van der Waals surface area contributed by atoms with Crippen LogP contribution in [0.3, 0.4) is 0 Å². The lowest BCUT2D eigenvalue weighted by Gasteiger charge is -2.16. The zero-order valence-electron chi connectivity index (χ0n) is 10.5. The average molecular weight is 390 g/mol. The highest BCUT2D eigenvalue weighted by Gasteiger charge is 2.18. The van der Waals surface area contributed by atoms with Crippen molar-refractivity contribution in [3.05, 3.63) is 44.6 Å². The third-order valence-corrected chi connectivity index (χ3v) is 3.86. The number of benzene rings is 1. The SMILES string of the molecule is CC(C)n1c(C(=O)O)ccc1-c1cc(I)ccc1Cl. The number of nitrogens with zero attached hydrogens (tertiary/aromatic N) is 1. The number of rotatable bonds is 3. The minimum atomic E-state index is -0.929. The van der Waals surface area contributed by atoms with Gasteiger partial charge >= 0.3 is 5.97 Å². The standard InChI is InChI=1S/C14H13ClINO2/c1-8(2)17-12(5-6-13(17)14(18)19)10-7-9(16)3-4-11(10)15/h3-8H,1-2H3,(H,18,19). The van der Waals surface area contributed by atoms with E-state index in [-0.39, 0.29) is 11.7 Å². The van der Waals surface area contributed by atoms with Gasteiger partial charge in [-0.15, -0.1) is 0 Å². The van der Waals surface area contributed by atoms with Crippen LogP contribution in [-0.4, -0.2) is 15.6 Å². The second-order valence-electron chi connectivity index (χ2n) is 4.50. The fourth-order valence-corrected chi connectivity index (χ4v) is 2.80. The highest BCUT2D eigenvalue weighted by Crippen LogP contribution is 2.33. The van der Waals surface area contributed by atoms with Crippen LogP contribution in [0.4, 0.5) is 0 Å². The summed E-state index contributed by atoms with van der Waals surface area (Å²) in [7, 11) is 0. The maximum absolute atomic E-state index is 11.3. The van der Waals surface area contributed by atoms with Crippen LogP contribution >= 0.6 is 34.2 Å². The van der Waals surface area contributed by atoms with Crippen LogP contribution in [0.2, 0.25) is 5.02 Å². The molecule has 0 saturated heterocycles. The summed E-state index contributed by atoms with van der Waals surface area (Å²) in [6.45, 7) is 3.91. The van der Waals surface area contributed by atoms with Crippen molar-refractivity contribution < 1.29 is 9.90 Å². The van der Waals surface area contributed by atoms with Gasteiger partial charge in [-0.1, -0.05) is 11.6 Å². The Labute approximate surface area is 130 Å². The summed E-state index contributed by atoms with van der Waals surface area (Å²) in [6, 6.07) is 9.19. The second kappa shape index (κ2) is 5.54. The topological polar surface area (TPSA) is 42.2 Å². The number of carboxylic acid groups (broad SMARTS) is 1. The Hall–Kier alpha value is -1.01. The molecule has 1 aromatic carbocycles. The zero-order chi connectivity index (χ0) is 14.2. The van der Waals surface area contributed by atoms with Crippen LogP contribution < -0.4 is 0 Å². The lowest BCUT2D eigenvalue weighted by molar-refractivity contribution is 0.0683. The first-order valence-corrected chi connectivity index (χ1v) is 7.27. The molecule has 1 N–H and O–H groups in total. The normalized spacial score (nSPS) is 11.0. The van der Waals surface area contributed by atoms with E-state index in [1.54, 1.807) is 16.7 Å². The van der Waals surface area contributed by atoms with Gasteiger partial charge in [0, 0.05) is 20.2 Å². The molecule has 0 spiro atoms. The maximum atomic E-state index is 11.3. The predicted molar refractivity (Wildman–Crippen MR) is 84.9 cm³/mol. The molecule has 0 fully saturated rings. The van der Waals surface area contributed by atoms with Gasteiger partial charge in [-0.3, -0.25) is 0 Å². The molecule has 0 amide bonds. The minimum Gasteiger partial charge on any atom is -0.477 e. The molecular weight excluding hydrogens is 377 g/mol. The number of carboxylic acids is 1. The summed E-state index contributed by atoms with van der Waals surface area (Å²) in [5, 5.41) is 9.87. The lowest BCUT2D eigenvalue weighted by Crippen LogP contribution is -2.11. The molecule has 0 radical (unpaired) electrons. The minimum absolute atomic E-state index is 0.0463. The van der Waals surface area contributed by atoms with E-state index in [1.807, 2.05) is 32.0 Å². The van der Waals surface area contributed by atoms with Crippen LogP contribution in [0.15, 0.2) is 30.3 Å². The summed E-state index contributed by atoms with van der Waals surface area (Å²) >= 11 is 8.45. The fourth-order valence-electron chi connectivity index (χ4n) is 2.09. The third kappa shape index (κ3) is 2.79. The quantitative estimate of drug-likeness (QED) is 0.774. The van der Waals surface area contributed by atoms with Gasteiger partial charge in [0.25, 0.3) is 0 Å². The van der Waals surface area contributed by atoms with Crippen LogP contribution in [0.25, 0.3) is 11.3 Å². The Morgan fingerprint density at radius 1 is 1.32 bits per heavy atom. The van der Waals surface area contributed by atoms with Crippen molar-refractivity contribution >= 4 is 40.2 Å². The number of carbonyl (C=O) groups is 1. The van der Waals surface area contributed by atoms with Gasteiger partial charge in [0.15, 0.2) is 0 Å². The van der Waals surface area contributed by atoms with E-state index in [1.165, 1.54) is 0 Å². The van der Waals surface area contributed by atoms with E-state index in [2.05, 4.69) is 22.6 Å². The average Bonchev–Trinajstić information content (AvgIpc) is 2.76. The molecule has 2 rings (SSSR count). The van der Waals surface area contributed by atoms with Crippen molar-refractivity contribution in [3.63, 3.8) is 0 Å². The number of hydrogen-bond donors (Lipinski definition) is 1. The molecule has 0 atom stereocenters. The molecule has 5 heteroatoms. The molecule has 0 aliphatic rings. The molecule has 2 aromatic rings. The van der Waals surface area contributed by atoms with Gasteiger partial charge < -0.3 is 9.67 Å². The Bertz CT molecular complexity index is 634. The summed E-state index contributed by atoms with van der Waals surface area (Å²) in [5.74, 6) is -0.929. The molecular formula is C14H13ClINO2.